The number of carboxylic acid groups (broad SMARTS) is 1. The Morgan fingerprint density at radius 2 is 2.29 bits per heavy atom. The van der Waals surface area contributed by atoms with Gasteiger partial charge in [-0.05, 0) is 43.7 Å². The van der Waals surface area contributed by atoms with Crippen molar-refractivity contribution in [2.45, 2.75) is 32.6 Å². The van der Waals surface area contributed by atoms with E-state index in [1.807, 2.05) is 13.0 Å². The van der Waals surface area contributed by atoms with Crippen LogP contribution in [0.5, 0.6) is 0 Å². The average molecular weight is 291 g/mol. The van der Waals surface area contributed by atoms with Gasteiger partial charge in [-0.2, -0.15) is 0 Å². The second-order valence-corrected chi connectivity index (χ2v) is 5.57. The van der Waals surface area contributed by atoms with Gasteiger partial charge in [-0.25, -0.2) is 4.79 Å². The lowest BCUT2D eigenvalue weighted by molar-refractivity contribution is -0.137. The first-order chi connectivity index (χ1) is 10.0. The molecule has 21 heavy (non-hydrogen) atoms. The number of hydrogen-bond donors (Lipinski definition) is 2. The molecule has 1 fully saturated rings. The number of pyridine rings is 1. The monoisotopic (exact) mass is 291 g/mol. The third-order valence-electron chi connectivity index (χ3n) is 3.70. The largest absolute Gasteiger partial charge is 0.481 e. The van der Waals surface area contributed by atoms with E-state index in [4.69, 9.17) is 5.11 Å². The van der Waals surface area contributed by atoms with E-state index in [1.54, 1.807) is 17.3 Å². The molecule has 6 nitrogen and oxygen atoms in total. The standard InChI is InChI=1S/C15H21N3O3/c1-11-7-13(9-16-8-11)17-15(21)18-6-2-3-12(10-18)4-5-14(19)20/h7-9,12H,2-6,10H2,1H3,(H,17,21)(H,19,20). The van der Waals surface area contributed by atoms with Crippen LogP contribution in [0.4, 0.5) is 10.5 Å². The number of aromatic nitrogens is 1. The topological polar surface area (TPSA) is 82.5 Å². The minimum Gasteiger partial charge on any atom is -0.481 e. The predicted molar refractivity (Wildman–Crippen MR) is 79.2 cm³/mol. The summed E-state index contributed by atoms with van der Waals surface area (Å²) in [6.07, 6.45) is 6.06. The number of anilines is 1. The SMILES string of the molecule is Cc1cncc(NC(=O)N2CCCC(CCC(=O)O)C2)c1. The van der Waals surface area contributed by atoms with E-state index in [0.29, 0.717) is 25.2 Å². The summed E-state index contributed by atoms with van der Waals surface area (Å²) in [4.78, 5) is 28.7. The van der Waals surface area contributed by atoms with Crippen LogP contribution in [0.25, 0.3) is 0 Å². The van der Waals surface area contributed by atoms with Gasteiger partial charge in [-0.3, -0.25) is 9.78 Å². The summed E-state index contributed by atoms with van der Waals surface area (Å²) >= 11 is 0. The Morgan fingerprint density at radius 3 is 3.00 bits per heavy atom. The molecule has 1 saturated heterocycles. The number of nitrogens with one attached hydrogen (secondary N) is 1. The molecule has 0 radical (unpaired) electrons. The third kappa shape index (κ3) is 4.73. The summed E-state index contributed by atoms with van der Waals surface area (Å²) in [5.41, 5.74) is 1.68. The third-order valence-corrected chi connectivity index (χ3v) is 3.70. The molecule has 1 unspecified atom stereocenters. The summed E-state index contributed by atoms with van der Waals surface area (Å²) in [5.74, 6) is -0.501. The van der Waals surface area contributed by atoms with Gasteiger partial charge in [0.15, 0.2) is 0 Å². The molecular formula is C15H21N3O3. The predicted octanol–water partition coefficient (Wildman–Crippen LogP) is 2.50. The molecule has 2 N–H and O–H groups in total. The van der Waals surface area contributed by atoms with Gasteiger partial charge in [0.25, 0.3) is 0 Å². The average Bonchev–Trinajstić information content (AvgIpc) is 2.45. The number of rotatable bonds is 4. The molecule has 2 rings (SSSR count). The van der Waals surface area contributed by atoms with Crippen LogP contribution in [0.1, 0.15) is 31.2 Å². The highest BCUT2D eigenvalue weighted by Gasteiger charge is 2.24. The molecule has 0 aliphatic carbocycles. The fraction of sp³-hybridized carbons (Fsp3) is 0.533. The Balaban J connectivity index is 1.88. The van der Waals surface area contributed by atoms with Gasteiger partial charge in [0, 0.05) is 25.7 Å². The second-order valence-electron chi connectivity index (χ2n) is 5.57. The zero-order chi connectivity index (χ0) is 15.2. The van der Waals surface area contributed by atoms with Crippen molar-refractivity contribution in [1.82, 2.24) is 9.88 Å². The van der Waals surface area contributed by atoms with Gasteiger partial charge in [0.05, 0.1) is 11.9 Å². The van der Waals surface area contributed by atoms with Crippen molar-refractivity contribution in [3.63, 3.8) is 0 Å². The molecule has 2 heterocycles. The summed E-state index contributed by atoms with van der Waals surface area (Å²) < 4.78 is 0. The van der Waals surface area contributed by atoms with E-state index >= 15 is 0 Å². The number of likely N-dealkylation sites (tertiary alicyclic amines) is 1. The molecule has 114 valence electrons. The zero-order valence-electron chi connectivity index (χ0n) is 12.2. The Kier molecular flexibility index (Phi) is 5.14. The van der Waals surface area contributed by atoms with Crippen molar-refractivity contribution in [1.29, 1.82) is 0 Å². The molecular weight excluding hydrogens is 270 g/mol. The molecule has 0 saturated carbocycles. The lowest BCUT2D eigenvalue weighted by atomic mass is 9.93. The maximum Gasteiger partial charge on any atom is 0.321 e. The molecule has 1 atom stereocenters. The fourth-order valence-corrected chi connectivity index (χ4v) is 2.64. The first kappa shape index (κ1) is 15.3. The number of aliphatic carboxylic acids is 1. The minimum atomic E-state index is -0.776. The van der Waals surface area contributed by atoms with Crippen molar-refractivity contribution >= 4 is 17.7 Å². The molecule has 1 aliphatic heterocycles. The van der Waals surface area contributed by atoms with Crippen molar-refractivity contribution in [3.8, 4) is 0 Å². The Bertz CT molecular complexity index is 519. The smallest absolute Gasteiger partial charge is 0.321 e. The maximum atomic E-state index is 12.2. The number of nitrogens with zero attached hydrogens (tertiary/aromatic N) is 2. The van der Waals surface area contributed by atoms with Crippen molar-refractivity contribution in [2.75, 3.05) is 18.4 Å². The fourth-order valence-electron chi connectivity index (χ4n) is 2.64. The number of aryl methyl sites for hydroxylation is 1. The molecule has 6 heteroatoms. The first-order valence-corrected chi connectivity index (χ1v) is 7.24. The van der Waals surface area contributed by atoms with E-state index < -0.39 is 5.97 Å². The summed E-state index contributed by atoms with van der Waals surface area (Å²) in [6.45, 7) is 3.26. The summed E-state index contributed by atoms with van der Waals surface area (Å²) in [6, 6.07) is 1.74. The van der Waals surface area contributed by atoms with E-state index in [-0.39, 0.29) is 18.4 Å². The Labute approximate surface area is 124 Å². The summed E-state index contributed by atoms with van der Waals surface area (Å²) in [7, 11) is 0. The molecule has 1 aromatic rings. The van der Waals surface area contributed by atoms with Gasteiger partial charge in [0.1, 0.15) is 0 Å². The number of carboxylic acids is 1. The summed E-state index contributed by atoms with van der Waals surface area (Å²) in [5, 5.41) is 11.6. The van der Waals surface area contributed by atoms with Crippen LogP contribution in [0.2, 0.25) is 0 Å². The molecule has 2 amide bonds. The normalized spacial score (nSPS) is 18.3. The van der Waals surface area contributed by atoms with Crippen LogP contribution >= 0.6 is 0 Å². The van der Waals surface area contributed by atoms with Crippen LogP contribution < -0.4 is 5.32 Å². The number of carbonyl (C=O) groups excluding carboxylic acids is 1. The zero-order valence-corrected chi connectivity index (χ0v) is 12.2. The molecule has 0 bridgehead atoms. The van der Waals surface area contributed by atoms with Crippen LogP contribution in [0.15, 0.2) is 18.5 Å². The van der Waals surface area contributed by atoms with Crippen molar-refractivity contribution in [2.24, 2.45) is 5.92 Å². The number of hydrogen-bond acceptors (Lipinski definition) is 3. The molecule has 1 aromatic heterocycles. The number of carbonyl (C=O) groups is 2. The highest BCUT2D eigenvalue weighted by Crippen LogP contribution is 2.21. The first-order valence-electron chi connectivity index (χ1n) is 7.24. The minimum absolute atomic E-state index is 0.137. The van der Waals surface area contributed by atoms with E-state index in [9.17, 15) is 9.59 Å². The highest BCUT2D eigenvalue weighted by atomic mass is 16.4. The van der Waals surface area contributed by atoms with Gasteiger partial charge >= 0.3 is 12.0 Å². The van der Waals surface area contributed by atoms with E-state index in [0.717, 1.165) is 18.4 Å². The van der Waals surface area contributed by atoms with Crippen LogP contribution in [0.3, 0.4) is 0 Å². The van der Waals surface area contributed by atoms with Gasteiger partial charge in [-0.1, -0.05) is 0 Å². The lowest BCUT2D eigenvalue weighted by Gasteiger charge is -2.32. The van der Waals surface area contributed by atoms with Gasteiger partial charge in [-0.15, -0.1) is 0 Å². The molecule has 0 aromatic carbocycles. The van der Waals surface area contributed by atoms with E-state index in [1.165, 1.54) is 0 Å². The van der Waals surface area contributed by atoms with Gasteiger partial charge < -0.3 is 15.3 Å². The maximum absolute atomic E-state index is 12.2. The number of amides is 2. The van der Waals surface area contributed by atoms with Crippen LogP contribution in [-0.2, 0) is 4.79 Å². The second kappa shape index (κ2) is 7.06. The highest BCUT2D eigenvalue weighted by molar-refractivity contribution is 5.89. The van der Waals surface area contributed by atoms with E-state index in [2.05, 4.69) is 10.3 Å². The number of piperidine rings is 1. The lowest BCUT2D eigenvalue weighted by Crippen LogP contribution is -2.42. The Morgan fingerprint density at radius 1 is 1.48 bits per heavy atom. The Hall–Kier alpha value is -2.11. The van der Waals surface area contributed by atoms with Crippen molar-refractivity contribution < 1.29 is 14.7 Å². The van der Waals surface area contributed by atoms with Crippen LogP contribution in [0, 0.1) is 12.8 Å². The number of urea groups is 1. The van der Waals surface area contributed by atoms with Gasteiger partial charge in [0.2, 0.25) is 0 Å². The van der Waals surface area contributed by atoms with Crippen LogP contribution in [-0.4, -0.2) is 40.1 Å². The molecule has 1 aliphatic rings. The van der Waals surface area contributed by atoms with Crippen molar-refractivity contribution in [3.05, 3.63) is 24.0 Å². The quantitative estimate of drug-likeness (QED) is 0.893. The molecule has 0 spiro atoms.